The van der Waals surface area contributed by atoms with E-state index in [9.17, 15) is 24.8 Å². The van der Waals surface area contributed by atoms with E-state index in [1.807, 2.05) is 0 Å². The van der Waals surface area contributed by atoms with Crippen LogP contribution in [-0.2, 0) is 9.53 Å². The molecule has 0 saturated heterocycles. The second-order valence-corrected chi connectivity index (χ2v) is 3.53. The highest BCUT2D eigenvalue weighted by Gasteiger charge is 2.14. The summed E-state index contributed by atoms with van der Waals surface area (Å²) in [6.07, 6.45) is 2.96. The first kappa shape index (κ1) is 14.4. The van der Waals surface area contributed by atoms with Gasteiger partial charge in [0.2, 0.25) is 0 Å². The number of aromatic hydroxyl groups is 1. The highest BCUT2D eigenvalue weighted by molar-refractivity contribution is 5.84. The lowest BCUT2D eigenvalue weighted by molar-refractivity contribution is -0.384. The highest BCUT2D eigenvalue weighted by atomic mass is 16.6. The first-order valence-corrected chi connectivity index (χ1v) is 5.19. The number of hydrogen-bond acceptors (Lipinski definition) is 6. The third-order valence-electron chi connectivity index (χ3n) is 2.30. The molecule has 7 heteroatoms. The number of esters is 1. The molecule has 0 spiro atoms. The number of nitro benzene ring substituents is 1. The number of hydrogen-bond donors (Lipinski definition) is 1. The van der Waals surface area contributed by atoms with E-state index in [0.29, 0.717) is 6.29 Å². The number of rotatable bonds is 5. The van der Waals surface area contributed by atoms with Crippen LogP contribution in [0, 0.1) is 10.1 Å². The largest absolute Gasteiger partial charge is 0.507 e. The van der Waals surface area contributed by atoms with Crippen LogP contribution in [0.3, 0.4) is 0 Å². The van der Waals surface area contributed by atoms with Crippen LogP contribution in [0.5, 0.6) is 5.75 Å². The predicted octanol–water partition coefficient (Wildman–Crippen LogP) is 1.69. The maximum Gasteiger partial charge on any atom is 0.309 e. The summed E-state index contributed by atoms with van der Waals surface area (Å²) in [7, 11) is 1.23. The van der Waals surface area contributed by atoms with Gasteiger partial charge in [-0.1, -0.05) is 12.2 Å². The number of carbonyl (C=O) groups excluding carboxylic acids is 2. The Bertz CT molecular complexity index is 549. The average Bonchev–Trinajstić information content (AvgIpc) is 2.40. The number of ether oxygens (including phenoxy) is 1. The van der Waals surface area contributed by atoms with E-state index < -0.39 is 10.9 Å². The van der Waals surface area contributed by atoms with Crippen LogP contribution in [0.1, 0.15) is 22.3 Å². The van der Waals surface area contributed by atoms with Crippen LogP contribution in [0.4, 0.5) is 5.69 Å². The van der Waals surface area contributed by atoms with Crippen molar-refractivity contribution in [3.63, 3.8) is 0 Å². The van der Waals surface area contributed by atoms with Crippen LogP contribution in [0.15, 0.2) is 18.2 Å². The minimum Gasteiger partial charge on any atom is -0.507 e. The summed E-state index contributed by atoms with van der Waals surface area (Å²) >= 11 is 0. The number of carbonyl (C=O) groups is 2. The van der Waals surface area contributed by atoms with Crippen molar-refractivity contribution in [3.8, 4) is 5.75 Å². The van der Waals surface area contributed by atoms with Gasteiger partial charge in [0.05, 0.1) is 24.0 Å². The molecule has 0 saturated carbocycles. The Morgan fingerprint density at radius 3 is 2.63 bits per heavy atom. The fraction of sp³-hybridized carbons (Fsp3) is 0.167. The van der Waals surface area contributed by atoms with Gasteiger partial charge >= 0.3 is 5.97 Å². The van der Waals surface area contributed by atoms with Crippen molar-refractivity contribution in [1.29, 1.82) is 0 Å². The normalized spacial score (nSPS) is 10.4. The number of methoxy groups -OCH3 is 1. The van der Waals surface area contributed by atoms with Crippen molar-refractivity contribution in [1.82, 2.24) is 0 Å². The minimum absolute atomic E-state index is 0.0466. The monoisotopic (exact) mass is 265 g/mol. The second kappa shape index (κ2) is 6.29. The third kappa shape index (κ3) is 3.63. The van der Waals surface area contributed by atoms with E-state index >= 15 is 0 Å². The molecule has 100 valence electrons. The molecular weight excluding hydrogens is 254 g/mol. The van der Waals surface area contributed by atoms with Crippen LogP contribution < -0.4 is 0 Å². The zero-order valence-corrected chi connectivity index (χ0v) is 10.0. The molecule has 1 rings (SSSR count). The molecule has 0 bridgehead atoms. The van der Waals surface area contributed by atoms with Gasteiger partial charge in [0.1, 0.15) is 5.75 Å². The summed E-state index contributed by atoms with van der Waals surface area (Å²) in [4.78, 5) is 31.6. The Morgan fingerprint density at radius 1 is 1.47 bits per heavy atom. The molecule has 0 atom stereocenters. The SMILES string of the molecule is COC(=O)CC=Cc1cc([N+](=O)[O-])cc(C=O)c1O. The summed E-state index contributed by atoms with van der Waals surface area (Å²) in [5.41, 5.74) is -0.426. The van der Waals surface area contributed by atoms with E-state index in [2.05, 4.69) is 4.74 Å². The van der Waals surface area contributed by atoms with Crippen molar-refractivity contribution in [3.05, 3.63) is 39.4 Å². The third-order valence-corrected chi connectivity index (χ3v) is 2.30. The van der Waals surface area contributed by atoms with E-state index in [1.165, 1.54) is 19.3 Å². The molecule has 1 N–H and O–H groups in total. The van der Waals surface area contributed by atoms with Gasteiger partial charge in [0.15, 0.2) is 6.29 Å². The summed E-state index contributed by atoms with van der Waals surface area (Å²) in [6, 6.07) is 2.08. The first-order valence-electron chi connectivity index (χ1n) is 5.19. The van der Waals surface area contributed by atoms with Crippen LogP contribution in [0.25, 0.3) is 6.08 Å². The van der Waals surface area contributed by atoms with Gasteiger partial charge in [-0.25, -0.2) is 0 Å². The van der Waals surface area contributed by atoms with Gasteiger partial charge < -0.3 is 9.84 Å². The second-order valence-electron chi connectivity index (χ2n) is 3.53. The molecule has 0 fully saturated rings. The Hall–Kier alpha value is -2.70. The predicted molar refractivity (Wildman–Crippen MR) is 65.8 cm³/mol. The minimum atomic E-state index is -0.677. The molecule has 0 radical (unpaired) electrons. The lowest BCUT2D eigenvalue weighted by Crippen LogP contribution is -1.97. The number of non-ortho nitro benzene ring substituents is 1. The molecule has 0 amide bonds. The molecule has 0 heterocycles. The summed E-state index contributed by atoms with van der Waals surface area (Å²) in [5, 5.41) is 20.4. The van der Waals surface area contributed by atoms with Crippen LogP contribution in [-0.4, -0.2) is 29.4 Å². The molecule has 0 aliphatic heterocycles. The molecule has 0 aliphatic rings. The Kier molecular flexibility index (Phi) is 4.76. The van der Waals surface area contributed by atoms with Gasteiger partial charge in [-0.05, 0) is 0 Å². The lowest BCUT2D eigenvalue weighted by atomic mass is 10.1. The number of nitro groups is 1. The number of benzene rings is 1. The number of aldehydes is 1. The zero-order valence-electron chi connectivity index (χ0n) is 10.0. The van der Waals surface area contributed by atoms with Gasteiger partial charge in [0.25, 0.3) is 5.69 Å². The maximum absolute atomic E-state index is 10.9. The van der Waals surface area contributed by atoms with Gasteiger partial charge in [-0.15, -0.1) is 0 Å². The van der Waals surface area contributed by atoms with Crippen LogP contribution >= 0.6 is 0 Å². The molecule has 7 nitrogen and oxygen atoms in total. The Labute approximate surface area is 108 Å². The van der Waals surface area contributed by atoms with Gasteiger partial charge in [-0.2, -0.15) is 0 Å². The van der Waals surface area contributed by atoms with E-state index in [4.69, 9.17) is 0 Å². The number of nitrogens with zero attached hydrogens (tertiary/aromatic N) is 1. The first-order chi connectivity index (χ1) is 8.99. The molecule has 1 aromatic carbocycles. The molecule has 0 aromatic heterocycles. The Balaban J connectivity index is 3.11. The Morgan fingerprint density at radius 2 is 2.11 bits per heavy atom. The fourth-order valence-electron chi connectivity index (χ4n) is 1.35. The molecule has 0 aliphatic carbocycles. The van der Waals surface area contributed by atoms with Gasteiger partial charge in [0, 0.05) is 17.7 Å². The summed E-state index contributed by atoms with van der Waals surface area (Å²) in [6.45, 7) is 0. The topological polar surface area (TPSA) is 107 Å². The lowest BCUT2D eigenvalue weighted by Gasteiger charge is -2.02. The molecule has 1 aromatic rings. The summed E-state index contributed by atoms with van der Waals surface area (Å²) in [5.74, 6) is -0.863. The fourth-order valence-corrected chi connectivity index (χ4v) is 1.35. The van der Waals surface area contributed by atoms with Crippen molar-refractivity contribution in [2.45, 2.75) is 6.42 Å². The van der Waals surface area contributed by atoms with Crippen molar-refractivity contribution in [2.75, 3.05) is 7.11 Å². The molecule has 19 heavy (non-hydrogen) atoms. The van der Waals surface area contributed by atoms with Crippen molar-refractivity contribution < 1.29 is 24.4 Å². The quantitative estimate of drug-likeness (QED) is 0.375. The molecular formula is C12H11NO6. The maximum atomic E-state index is 10.9. The van der Waals surface area contributed by atoms with Crippen LogP contribution in [0.2, 0.25) is 0 Å². The van der Waals surface area contributed by atoms with E-state index in [1.54, 1.807) is 0 Å². The van der Waals surface area contributed by atoms with E-state index in [0.717, 1.165) is 12.1 Å². The summed E-state index contributed by atoms with van der Waals surface area (Å²) < 4.78 is 4.41. The standard InChI is InChI=1S/C12H11NO6/c1-19-11(15)4-2-3-8-5-10(13(17)18)6-9(7-14)12(8)16/h2-3,5-7,16H,4H2,1H3. The molecule has 0 unspecified atom stereocenters. The number of phenolic OH excluding ortho intramolecular Hbond substituents is 1. The average molecular weight is 265 g/mol. The number of phenols is 1. The van der Waals surface area contributed by atoms with E-state index in [-0.39, 0.29) is 29.0 Å². The van der Waals surface area contributed by atoms with Gasteiger partial charge in [-0.3, -0.25) is 19.7 Å². The smallest absolute Gasteiger partial charge is 0.309 e. The highest BCUT2D eigenvalue weighted by Crippen LogP contribution is 2.28. The zero-order chi connectivity index (χ0) is 14.4. The van der Waals surface area contributed by atoms with Crippen molar-refractivity contribution in [2.24, 2.45) is 0 Å². The van der Waals surface area contributed by atoms with Crippen molar-refractivity contribution >= 4 is 24.0 Å².